The minimum atomic E-state index is 0. The van der Waals surface area contributed by atoms with Gasteiger partial charge in [-0.1, -0.05) is 29.8 Å². The molecule has 6 heteroatoms. The molecule has 0 spiro atoms. The summed E-state index contributed by atoms with van der Waals surface area (Å²) in [5.74, 6) is 1.92. The molecule has 0 radical (unpaired) electrons. The monoisotopic (exact) mass is 639 g/mol. The van der Waals surface area contributed by atoms with Crippen LogP contribution in [0.4, 0.5) is 0 Å². The Labute approximate surface area is 217 Å². The molecule has 0 saturated carbocycles. The first kappa shape index (κ1) is 23.1. The van der Waals surface area contributed by atoms with Crippen molar-refractivity contribution in [1.29, 1.82) is 0 Å². The van der Waals surface area contributed by atoms with Crippen molar-refractivity contribution in [3.63, 3.8) is 0 Å². The molecule has 3 aromatic heterocycles. The largest absolute Gasteiger partial charge is 0.506 e. The Hall–Kier alpha value is -3.69. The number of benzene rings is 3. The van der Waals surface area contributed by atoms with Crippen molar-refractivity contribution < 1.29 is 30.9 Å². The molecule has 0 fully saturated rings. The van der Waals surface area contributed by atoms with E-state index in [1.54, 1.807) is 6.07 Å². The average molecular weight is 640 g/mol. The van der Waals surface area contributed by atoms with Crippen LogP contribution in [0, 0.1) is 26.8 Å². The summed E-state index contributed by atoms with van der Waals surface area (Å²) >= 11 is 0. The van der Waals surface area contributed by atoms with Gasteiger partial charge in [0, 0.05) is 49.5 Å². The summed E-state index contributed by atoms with van der Waals surface area (Å²) in [5, 5.41) is 13.4. The van der Waals surface area contributed by atoms with Crippen LogP contribution in [-0.4, -0.2) is 19.6 Å². The molecular weight excluding hydrogens is 617 g/mol. The van der Waals surface area contributed by atoms with E-state index < -0.39 is 0 Å². The molecule has 3 aromatic carbocycles. The number of ether oxygens (including phenoxy) is 1. The van der Waals surface area contributed by atoms with E-state index in [0.717, 1.165) is 49.8 Å². The SMILES string of the molecule is Cc1cc(C)nc(-n2c3[c-]c(Oc4ccc5c(C)ccc(O)c5n4)ccc3c3ccccc32)c1.[Pt]. The second kappa shape index (κ2) is 8.83. The van der Waals surface area contributed by atoms with Crippen molar-refractivity contribution in [2.45, 2.75) is 20.8 Å². The van der Waals surface area contributed by atoms with Crippen LogP contribution >= 0.6 is 0 Å². The number of para-hydroxylation sites is 1. The zero-order valence-electron chi connectivity index (χ0n) is 19.4. The molecule has 176 valence electrons. The van der Waals surface area contributed by atoms with E-state index in [0.29, 0.717) is 17.1 Å². The Kier molecular flexibility index (Phi) is 5.82. The van der Waals surface area contributed by atoms with Gasteiger partial charge in [0.25, 0.3) is 0 Å². The first-order valence-corrected chi connectivity index (χ1v) is 11.2. The van der Waals surface area contributed by atoms with Crippen LogP contribution in [0.15, 0.2) is 72.8 Å². The normalized spacial score (nSPS) is 11.2. The maximum Gasteiger partial charge on any atom is 0.217 e. The molecule has 6 rings (SSSR count). The molecule has 0 bridgehead atoms. The zero-order chi connectivity index (χ0) is 23.4. The third-order valence-corrected chi connectivity index (χ3v) is 6.11. The number of aromatic hydroxyl groups is 1. The van der Waals surface area contributed by atoms with E-state index in [4.69, 9.17) is 9.72 Å². The molecule has 5 nitrogen and oxygen atoms in total. The van der Waals surface area contributed by atoms with Gasteiger partial charge in [-0.05, 0) is 67.6 Å². The standard InChI is InChI=1S/C29H22N3O2.Pt/c1-17-14-19(3)30-27(15-17)32-24-7-5-4-6-22(24)23-10-9-20(16-25(23)32)34-28-13-11-21-18(2)8-12-26(33)29(21)31-28;/h4-15,33H,1-3H3;/q-1;. The van der Waals surface area contributed by atoms with Crippen LogP contribution in [0.2, 0.25) is 0 Å². The fourth-order valence-electron chi connectivity index (χ4n) is 4.60. The summed E-state index contributed by atoms with van der Waals surface area (Å²) in [6.07, 6.45) is 0. The number of rotatable bonds is 3. The van der Waals surface area contributed by atoms with E-state index >= 15 is 0 Å². The summed E-state index contributed by atoms with van der Waals surface area (Å²) in [7, 11) is 0. The van der Waals surface area contributed by atoms with E-state index in [2.05, 4.69) is 46.8 Å². The second-order valence-electron chi connectivity index (χ2n) is 8.63. The molecule has 6 aromatic rings. The summed E-state index contributed by atoms with van der Waals surface area (Å²) in [6, 6.07) is 27.1. The van der Waals surface area contributed by atoms with E-state index in [-0.39, 0.29) is 26.8 Å². The average Bonchev–Trinajstić information content (AvgIpc) is 3.14. The molecule has 1 N–H and O–H groups in total. The van der Waals surface area contributed by atoms with Crippen LogP contribution < -0.4 is 4.74 Å². The predicted octanol–water partition coefficient (Wildman–Crippen LogP) is 6.95. The number of hydrogen-bond acceptors (Lipinski definition) is 4. The molecular formula is C29H22N3O2Pt-. The molecule has 0 atom stereocenters. The minimum absolute atomic E-state index is 0. The van der Waals surface area contributed by atoms with Crippen LogP contribution in [0.1, 0.15) is 16.8 Å². The summed E-state index contributed by atoms with van der Waals surface area (Å²) in [5.41, 5.74) is 5.63. The molecule has 0 aliphatic carbocycles. The maximum absolute atomic E-state index is 10.3. The van der Waals surface area contributed by atoms with Crippen LogP contribution in [0.5, 0.6) is 17.4 Å². The van der Waals surface area contributed by atoms with Gasteiger partial charge in [-0.3, -0.25) is 0 Å². The van der Waals surface area contributed by atoms with Crippen molar-refractivity contribution >= 4 is 32.7 Å². The molecule has 0 saturated heterocycles. The number of aryl methyl sites for hydroxylation is 3. The fraction of sp³-hybridized carbons (Fsp3) is 0.103. The third-order valence-electron chi connectivity index (χ3n) is 6.11. The molecule has 35 heavy (non-hydrogen) atoms. The van der Waals surface area contributed by atoms with Crippen molar-refractivity contribution in [2.75, 3.05) is 0 Å². The number of pyridine rings is 2. The van der Waals surface area contributed by atoms with Crippen molar-refractivity contribution in [1.82, 2.24) is 14.5 Å². The van der Waals surface area contributed by atoms with E-state index in [1.165, 1.54) is 0 Å². The number of hydrogen-bond donors (Lipinski definition) is 1. The Balaban J connectivity index is 0.00000253. The predicted molar refractivity (Wildman–Crippen MR) is 135 cm³/mol. The van der Waals surface area contributed by atoms with Gasteiger partial charge in [0.05, 0.1) is 0 Å². The molecule has 3 heterocycles. The van der Waals surface area contributed by atoms with Gasteiger partial charge in [0.1, 0.15) is 17.1 Å². The molecule has 0 aliphatic rings. The number of aromatic nitrogens is 3. The van der Waals surface area contributed by atoms with Gasteiger partial charge in [-0.25, -0.2) is 9.97 Å². The van der Waals surface area contributed by atoms with Crippen molar-refractivity contribution in [3.8, 4) is 23.2 Å². The topological polar surface area (TPSA) is 60.2 Å². The van der Waals surface area contributed by atoms with Crippen molar-refractivity contribution in [3.05, 3.63) is 95.7 Å². The first-order valence-electron chi connectivity index (χ1n) is 11.2. The summed E-state index contributed by atoms with van der Waals surface area (Å²) in [4.78, 5) is 9.35. The second-order valence-corrected chi connectivity index (χ2v) is 8.63. The summed E-state index contributed by atoms with van der Waals surface area (Å²) < 4.78 is 8.24. The van der Waals surface area contributed by atoms with E-state index in [1.807, 2.05) is 56.3 Å². The third kappa shape index (κ3) is 3.96. The fourth-order valence-corrected chi connectivity index (χ4v) is 4.60. The summed E-state index contributed by atoms with van der Waals surface area (Å²) in [6.45, 7) is 6.07. The van der Waals surface area contributed by atoms with Gasteiger partial charge in [0.2, 0.25) is 5.88 Å². The van der Waals surface area contributed by atoms with Gasteiger partial charge >= 0.3 is 0 Å². The minimum Gasteiger partial charge on any atom is -0.506 e. The quantitative estimate of drug-likeness (QED) is 0.213. The van der Waals surface area contributed by atoms with Gasteiger partial charge in [0.15, 0.2) is 0 Å². The maximum atomic E-state index is 10.3. The van der Waals surface area contributed by atoms with Crippen LogP contribution in [0.3, 0.4) is 0 Å². The molecule has 0 amide bonds. The number of fused-ring (bicyclic) bond motifs is 4. The van der Waals surface area contributed by atoms with E-state index in [9.17, 15) is 5.11 Å². The number of nitrogens with zero attached hydrogens (tertiary/aromatic N) is 3. The smallest absolute Gasteiger partial charge is 0.217 e. The van der Waals surface area contributed by atoms with Crippen LogP contribution in [-0.2, 0) is 21.1 Å². The Bertz CT molecular complexity index is 1720. The van der Waals surface area contributed by atoms with Gasteiger partial charge in [-0.15, -0.1) is 17.5 Å². The first-order chi connectivity index (χ1) is 16.5. The van der Waals surface area contributed by atoms with Gasteiger partial charge < -0.3 is 14.4 Å². The zero-order valence-corrected chi connectivity index (χ0v) is 21.7. The number of phenols is 1. The Morgan fingerprint density at radius 3 is 2.46 bits per heavy atom. The molecule has 0 aliphatic heterocycles. The van der Waals surface area contributed by atoms with Crippen LogP contribution in [0.25, 0.3) is 38.5 Å². The van der Waals surface area contributed by atoms with Gasteiger partial charge in [-0.2, -0.15) is 6.07 Å². The number of phenolic OH excluding ortho intramolecular Hbond substituents is 1. The Morgan fingerprint density at radius 2 is 1.63 bits per heavy atom. The molecule has 0 unspecified atom stereocenters. The Morgan fingerprint density at radius 1 is 0.829 bits per heavy atom. The van der Waals surface area contributed by atoms with Crippen molar-refractivity contribution in [2.24, 2.45) is 0 Å².